The van der Waals surface area contributed by atoms with E-state index in [2.05, 4.69) is 16.4 Å². The van der Waals surface area contributed by atoms with Crippen LogP contribution in [0.1, 0.15) is 37.4 Å². The van der Waals surface area contributed by atoms with Crippen molar-refractivity contribution in [2.24, 2.45) is 0 Å². The smallest absolute Gasteiger partial charge is 0.227 e. The van der Waals surface area contributed by atoms with E-state index in [0.717, 1.165) is 16.5 Å². The van der Waals surface area contributed by atoms with Crippen molar-refractivity contribution < 1.29 is 14.3 Å². The fraction of sp³-hybridized carbons (Fsp3) is 0.333. The summed E-state index contributed by atoms with van der Waals surface area (Å²) in [7, 11) is 0. The van der Waals surface area contributed by atoms with Crippen molar-refractivity contribution in [2.45, 2.75) is 39.0 Å². The lowest BCUT2D eigenvalue weighted by molar-refractivity contribution is -0.122. The van der Waals surface area contributed by atoms with Crippen LogP contribution in [0.2, 0.25) is 0 Å². The molecule has 0 aliphatic heterocycles. The Bertz CT molecular complexity index is 1030. The first-order valence-electron chi connectivity index (χ1n) is 8.94. The minimum absolute atomic E-state index is 0.0981. The van der Waals surface area contributed by atoms with Gasteiger partial charge >= 0.3 is 0 Å². The quantitative estimate of drug-likeness (QED) is 0.623. The first-order valence-corrected chi connectivity index (χ1v) is 8.94. The van der Waals surface area contributed by atoms with E-state index >= 15 is 0 Å². The van der Waals surface area contributed by atoms with Crippen molar-refractivity contribution in [3.05, 3.63) is 63.8 Å². The predicted molar refractivity (Wildman–Crippen MR) is 104 cm³/mol. The number of hydrogen-bond acceptors (Lipinski definition) is 4. The van der Waals surface area contributed by atoms with Gasteiger partial charge in [-0.2, -0.15) is 0 Å². The molecule has 0 atom stereocenters. The number of rotatable bonds is 6. The number of aromatic hydroxyl groups is 1. The molecule has 0 saturated heterocycles. The highest BCUT2D eigenvalue weighted by molar-refractivity contribution is 5.83. The van der Waals surface area contributed by atoms with Crippen molar-refractivity contribution in [3.8, 4) is 5.75 Å². The summed E-state index contributed by atoms with van der Waals surface area (Å²) < 4.78 is 5.53. The molecule has 6 nitrogen and oxygen atoms in total. The molecule has 3 aromatic rings. The number of fused-ring (bicyclic) bond motifs is 1. The maximum absolute atomic E-state index is 12.4. The minimum atomic E-state index is -0.805. The molecule has 0 radical (unpaired) electrons. The number of benzene rings is 1. The van der Waals surface area contributed by atoms with Gasteiger partial charge in [-0.3, -0.25) is 9.59 Å². The molecule has 142 valence electrons. The molecule has 0 bridgehead atoms. The van der Waals surface area contributed by atoms with Crippen LogP contribution in [0.25, 0.3) is 10.9 Å². The van der Waals surface area contributed by atoms with Gasteiger partial charge in [-0.25, -0.2) is 0 Å². The van der Waals surface area contributed by atoms with Crippen LogP contribution in [-0.2, 0) is 16.6 Å². The Morgan fingerprint density at radius 3 is 2.81 bits per heavy atom. The van der Waals surface area contributed by atoms with Crippen molar-refractivity contribution in [2.75, 3.05) is 6.54 Å². The van der Waals surface area contributed by atoms with E-state index in [-0.39, 0.29) is 18.1 Å². The lowest BCUT2D eigenvalue weighted by atomic mass is 9.85. The third kappa shape index (κ3) is 4.05. The van der Waals surface area contributed by atoms with Gasteiger partial charge in [-0.15, -0.1) is 0 Å². The minimum Gasteiger partial charge on any atom is -0.502 e. The molecular weight excluding hydrogens is 344 g/mol. The highest BCUT2D eigenvalue weighted by Gasteiger charge is 2.31. The zero-order chi connectivity index (χ0) is 19.6. The molecule has 1 amide bonds. The lowest BCUT2D eigenvalue weighted by Crippen LogP contribution is -2.32. The zero-order valence-electron chi connectivity index (χ0n) is 15.8. The Labute approximate surface area is 157 Å². The van der Waals surface area contributed by atoms with E-state index in [1.165, 1.54) is 6.07 Å². The lowest BCUT2D eigenvalue weighted by Gasteiger charge is -2.23. The van der Waals surface area contributed by atoms with E-state index in [1.54, 1.807) is 20.8 Å². The molecule has 0 fully saturated rings. The second-order valence-electron chi connectivity index (χ2n) is 7.42. The van der Waals surface area contributed by atoms with Crippen LogP contribution >= 0.6 is 0 Å². The first-order chi connectivity index (χ1) is 12.8. The van der Waals surface area contributed by atoms with E-state index in [1.807, 2.05) is 24.4 Å². The second-order valence-corrected chi connectivity index (χ2v) is 7.42. The highest BCUT2D eigenvalue weighted by atomic mass is 16.4. The summed E-state index contributed by atoms with van der Waals surface area (Å²) in [6, 6.07) is 9.27. The number of carbonyl (C=O) groups excluding carboxylic acids is 1. The molecule has 27 heavy (non-hydrogen) atoms. The van der Waals surface area contributed by atoms with Gasteiger partial charge in [0.15, 0.2) is 5.76 Å². The van der Waals surface area contributed by atoms with E-state index < -0.39 is 16.6 Å². The Kier molecular flexibility index (Phi) is 5.08. The van der Waals surface area contributed by atoms with Crippen molar-refractivity contribution in [1.29, 1.82) is 0 Å². The Hall–Kier alpha value is -3.02. The van der Waals surface area contributed by atoms with Crippen LogP contribution in [0.15, 0.2) is 45.7 Å². The Morgan fingerprint density at radius 1 is 1.30 bits per heavy atom. The Morgan fingerprint density at radius 2 is 2.04 bits per heavy atom. The number of hydrogen-bond donors (Lipinski definition) is 3. The van der Waals surface area contributed by atoms with Crippen LogP contribution < -0.4 is 10.7 Å². The number of para-hydroxylation sites is 1. The average molecular weight is 368 g/mol. The van der Waals surface area contributed by atoms with Crippen LogP contribution in [-0.4, -0.2) is 22.5 Å². The molecule has 6 heteroatoms. The summed E-state index contributed by atoms with van der Waals surface area (Å²) in [6.45, 7) is 5.68. The number of aryl methyl sites for hydroxylation is 1. The fourth-order valence-corrected chi connectivity index (χ4v) is 3.28. The number of amides is 1. The van der Waals surface area contributed by atoms with Gasteiger partial charge in [0.05, 0.1) is 0 Å². The topological polar surface area (TPSA) is 95.3 Å². The summed E-state index contributed by atoms with van der Waals surface area (Å²) in [4.78, 5) is 27.4. The van der Waals surface area contributed by atoms with Crippen LogP contribution in [0.4, 0.5) is 0 Å². The molecule has 3 rings (SSSR count). The summed E-state index contributed by atoms with van der Waals surface area (Å²) in [5, 5.41) is 14.1. The van der Waals surface area contributed by atoms with E-state index in [4.69, 9.17) is 4.42 Å². The summed E-state index contributed by atoms with van der Waals surface area (Å²) in [5.41, 5.74) is 0.916. The van der Waals surface area contributed by atoms with Crippen molar-refractivity contribution in [1.82, 2.24) is 10.3 Å². The number of aromatic nitrogens is 1. The summed E-state index contributed by atoms with van der Waals surface area (Å²) in [6.07, 6.45) is 2.77. The molecule has 2 aromatic heterocycles. The van der Waals surface area contributed by atoms with Gasteiger partial charge in [0.2, 0.25) is 17.1 Å². The number of carbonyl (C=O) groups is 1. The largest absolute Gasteiger partial charge is 0.502 e. The summed E-state index contributed by atoms with van der Waals surface area (Å²) >= 11 is 0. The predicted octanol–water partition coefficient (Wildman–Crippen LogP) is 3.16. The standard InChI is InChI=1S/C21H24N2O4/c1-13-10-17(24)19(26)20(27-13)21(2,3)11-18(25)22-9-8-14-12-23-16-7-5-4-6-15(14)16/h4-7,10,12,23,26H,8-9,11H2,1-3H3,(H,22,25). The van der Waals surface area contributed by atoms with Crippen molar-refractivity contribution in [3.63, 3.8) is 0 Å². The normalized spacial score (nSPS) is 11.7. The van der Waals surface area contributed by atoms with Gasteiger partial charge in [0.25, 0.3) is 0 Å². The monoisotopic (exact) mass is 368 g/mol. The third-order valence-electron chi connectivity index (χ3n) is 4.65. The highest BCUT2D eigenvalue weighted by Crippen LogP contribution is 2.32. The molecule has 0 spiro atoms. The number of H-pyrrole nitrogens is 1. The number of aromatic amines is 1. The van der Waals surface area contributed by atoms with Gasteiger partial charge in [-0.1, -0.05) is 32.0 Å². The maximum Gasteiger partial charge on any atom is 0.227 e. The molecule has 1 aromatic carbocycles. The van der Waals surface area contributed by atoms with Crippen LogP contribution in [0.3, 0.4) is 0 Å². The third-order valence-corrected chi connectivity index (χ3v) is 4.65. The van der Waals surface area contributed by atoms with Crippen LogP contribution in [0, 0.1) is 6.92 Å². The second kappa shape index (κ2) is 7.31. The molecular formula is C21H24N2O4. The molecule has 2 heterocycles. The molecule has 0 aliphatic rings. The zero-order valence-corrected chi connectivity index (χ0v) is 15.8. The maximum atomic E-state index is 12.4. The fourth-order valence-electron chi connectivity index (χ4n) is 3.28. The molecule has 0 aliphatic carbocycles. The van der Waals surface area contributed by atoms with Crippen LogP contribution in [0.5, 0.6) is 5.75 Å². The van der Waals surface area contributed by atoms with E-state index in [0.29, 0.717) is 18.7 Å². The van der Waals surface area contributed by atoms with E-state index in [9.17, 15) is 14.7 Å². The number of nitrogens with one attached hydrogen (secondary N) is 2. The van der Waals surface area contributed by atoms with Gasteiger partial charge in [-0.05, 0) is 25.0 Å². The van der Waals surface area contributed by atoms with Gasteiger partial charge in [0.1, 0.15) is 5.76 Å². The molecule has 0 unspecified atom stereocenters. The summed E-state index contributed by atoms with van der Waals surface area (Å²) in [5.74, 6) is -0.0551. The first kappa shape index (κ1) is 18.8. The molecule has 0 saturated carbocycles. The SMILES string of the molecule is Cc1cc(=O)c(O)c(C(C)(C)CC(=O)NCCc2c[nH]c3ccccc23)o1. The van der Waals surface area contributed by atoms with Gasteiger partial charge in [0, 0.05) is 41.5 Å². The van der Waals surface area contributed by atoms with Gasteiger partial charge < -0.3 is 19.8 Å². The Balaban J connectivity index is 1.62. The average Bonchev–Trinajstić information content (AvgIpc) is 3.01. The molecule has 3 N–H and O–H groups in total. The van der Waals surface area contributed by atoms with Crippen molar-refractivity contribution >= 4 is 16.8 Å².